The fourth-order valence-electron chi connectivity index (χ4n) is 1.73. The van der Waals surface area contributed by atoms with E-state index in [0.717, 1.165) is 0 Å². The summed E-state index contributed by atoms with van der Waals surface area (Å²) in [6.07, 6.45) is 0.511. The van der Waals surface area contributed by atoms with Crippen molar-refractivity contribution in [1.82, 2.24) is 5.43 Å². The second kappa shape index (κ2) is 7.77. The van der Waals surface area contributed by atoms with Gasteiger partial charge in [-0.05, 0) is 61.0 Å². The number of nitrogens with zero attached hydrogens (tertiary/aromatic N) is 1. The summed E-state index contributed by atoms with van der Waals surface area (Å²) in [5.74, 6) is -0.941. The fraction of sp³-hybridized carbons (Fsp3) is 0.118. The van der Waals surface area contributed by atoms with Gasteiger partial charge >= 0.3 is 5.97 Å². The second-order valence-corrected chi connectivity index (χ2v) is 4.91. The third-order valence-corrected chi connectivity index (χ3v) is 3.05. The summed E-state index contributed by atoms with van der Waals surface area (Å²) in [6.45, 7) is 1.44. The summed E-state index contributed by atoms with van der Waals surface area (Å²) in [5.41, 5.74) is 3.45. The summed E-state index contributed by atoms with van der Waals surface area (Å²) in [5, 5.41) is 21.8. The monoisotopic (exact) mass is 328 g/mol. The number of hydrogen-bond donors (Lipinski definition) is 3. The van der Waals surface area contributed by atoms with Crippen molar-refractivity contribution in [1.29, 1.82) is 0 Å². The standard InChI is InChI=1S/C17H16N2O5/c1-11(17(22)23)24-15-8-2-12(3-9-15)10-18-19-16(21)13-4-6-14(20)7-5-13/h2-11,20H,1H3,(H,19,21)(H,22,23)/b18-10-/t11-/m1/s1. The Morgan fingerprint density at radius 3 is 2.33 bits per heavy atom. The van der Waals surface area contributed by atoms with E-state index in [9.17, 15) is 9.59 Å². The van der Waals surface area contributed by atoms with Gasteiger partial charge in [0, 0.05) is 5.56 Å². The van der Waals surface area contributed by atoms with E-state index in [1.807, 2.05) is 0 Å². The molecular weight excluding hydrogens is 312 g/mol. The van der Waals surface area contributed by atoms with Crippen LogP contribution < -0.4 is 10.2 Å². The van der Waals surface area contributed by atoms with Crippen molar-refractivity contribution in [3.63, 3.8) is 0 Å². The lowest BCUT2D eigenvalue weighted by Gasteiger charge is -2.09. The number of carboxylic acids is 1. The summed E-state index contributed by atoms with van der Waals surface area (Å²) in [4.78, 5) is 22.5. The lowest BCUT2D eigenvalue weighted by molar-refractivity contribution is -0.144. The molecule has 0 saturated carbocycles. The van der Waals surface area contributed by atoms with E-state index >= 15 is 0 Å². The van der Waals surface area contributed by atoms with Crippen LogP contribution in [0.3, 0.4) is 0 Å². The van der Waals surface area contributed by atoms with Crippen LogP contribution in [0.4, 0.5) is 0 Å². The molecule has 0 bridgehead atoms. The minimum atomic E-state index is -1.04. The first kappa shape index (κ1) is 17.0. The number of rotatable bonds is 6. The smallest absolute Gasteiger partial charge is 0.344 e. The Morgan fingerprint density at radius 2 is 1.75 bits per heavy atom. The van der Waals surface area contributed by atoms with Crippen LogP contribution in [-0.4, -0.2) is 34.4 Å². The topological polar surface area (TPSA) is 108 Å². The third kappa shape index (κ3) is 4.84. The summed E-state index contributed by atoms with van der Waals surface area (Å²) < 4.78 is 5.21. The van der Waals surface area contributed by atoms with E-state index in [1.54, 1.807) is 24.3 Å². The molecule has 0 aromatic heterocycles. The predicted octanol–water partition coefficient (Wildman–Crippen LogP) is 2.01. The predicted molar refractivity (Wildman–Crippen MR) is 87.3 cm³/mol. The van der Waals surface area contributed by atoms with Crippen molar-refractivity contribution < 1.29 is 24.5 Å². The van der Waals surface area contributed by atoms with Crippen molar-refractivity contribution in [3.05, 3.63) is 59.7 Å². The van der Waals surface area contributed by atoms with E-state index < -0.39 is 18.0 Å². The summed E-state index contributed by atoms with van der Waals surface area (Å²) >= 11 is 0. The van der Waals surface area contributed by atoms with Crippen LogP contribution in [0.25, 0.3) is 0 Å². The zero-order valence-corrected chi connectivity index (χ0v) is 12.8. The molecule has 0 fully saturated rings. The quantitative estimate of drug-likeness (QED) is 0.555. The number of aromatic hydroxyl groups is 1. The maximum absolute atomic E-state index is 11.8. The molecule has 0 unspecified atom stereocenters. The number of carboxylic acid groups (broad SMARTS) is 1. The lowest BCUT2D eigenvalue weighted by Crippen LogP contribution is -2.22. The van der Waals surface area contributed by atoms with Gasteiger partial charge in [0.2, 0.25) is 0 Å². The fourth-order valence-corrected chi connectivity index (χ4v) is 1.73. The van der Waals surface area contributed by atoms with Gasteiger partial charge in [0.1, 0.15) is 11.5 Å². The average molecular weight is 328 g/mol. The molecule has 0 radical (unpaired) electrons. The van der Waals surface area contributed by atoms with Crippen molar-refractivity contribution in [2.75, 3.05) is 0 Å². The van der Waals surface area contributed by atoms with E-state index in [1.165, 1.54) is 37.4 Å². The molecule has 1 atom stereocenters. The van der Waals surface area contributed by atoms with E-state index in [4.69, 9.17) is 14.9 Å². The third-order valence-electron chi connectivity index (χ3n) is 3.05. The first-order chi connectivity index (χ1) is 11.5. The summed E-state index contributed by atoms with van der Waals surface area (Å²) in [6, 6.07) is 12.4. The van der Waals surface area contributed by atoms with Gasteiger partial charge in [-0.15, -0.1) is 0 Å². The van der Waals surface area contributed by atoms with E-state index in [0.29, 0.717) is 16.9 Å². The highest BCUT2D eigenvalue weighted by atomic mass is 16.5. The molecule has 24 heavy (non-hydrogen) atoms. The molecule has 0 aliphatic rings. The summed E-state index contributed by atoms with van der Waals surface area (Å²) in [7, 11) is 0. The molecule has 0 aliphatic carbocycles. The highest BCUT2D eigenvalue weighted by Crippen LogP contribution is 2.13. The normalized spacial score (nSPS) is 11.9. The van der Waals surface area contributed by atoms with Crippen LogP contribution in [0.5, 0.6) is 11.5 Å². The Labute approximate surface area is 138 Å². The number of nitrogens with one attached hydrogen (secondary N) is 1. The molecule has 2 rings (SSSR count). The number of benzene rings is 2. The van der Waals surface area contributed by atoms with Gasteiger partial charge in [0.15, 0.2) is 6.10 Å². The van der Waals surface area contributed by atoms with Crippen molar-refractivity contribution in [2.45, 2.75) is 13.0 Å². The van der Waals surface area contributed by atoms with Crippen LogP contribution in [-0.2, 0) is 4.79 Å². The number of phenolic OH excluding ortho intramolecular Hbond substituents is 1. The molecule has 0 heterocycles. The molecule has 2 aromatic carbocycles. The SMILES string of the molecule is C[C@@H](Oc1ccc(/C=N\NC(=O)c2ccc(O)cc2)cc1)C(=O)O. The second-order valence-electron chi connectivity index (χ2n) is 4.91. The Bertz CT molecular complexity index is 739. The molecule has 0 aliphatic heterocycles. The molecule has 7 nitrogen and oxygen atoms in total. The van der Waals surface area contributed by atoms with Gasteiger partial charge in [-0.25, -0.2) is 10.2 Å². The minimum absolute atomic E-state index is 0.0783. The van der Waals surface area contributed by atoms with Crippen LogP contribution in [0, 0.1) is 0 Å². The molecule has 1 amide bonds. The number of ether oxygens (including phenoxy) is 1. The van der Waals surface area contributed by atoms with Gasteiger partial charge in [-0.2, -0.15) is 5.10 Å². The number of phenols is 1. The number of carbonyl (C=O) groups excluding carboxylic acids is 1. The lowest BCUT2D eigenvalue weighted by atomic mass is 10.2. The van der Waals surface area contributed by atoms with Crippen LogP contribution in [0.15, 0.2) is 53.6 Å². The minimum Gasteiger partial charge on any atom is -0.508 e. The number of aliphatic carboxylic acids is 1. The maximum Gasteiger partial charge on any atom is 0.344 e. The van der Waals surface area contributed by atoms with Gasteiger partial charge in [0.05, 0.1) is 6.21 Å². The number of hydrogen-bond acceptors (Lipinski definition) is 5. The maximum atomic E-state index is 11.8. The van der Waals surface area contributed by atoms with Crippen LogP contribution in [0.1, 0.15) is 22.8 Å². The highest BCUT2D eigenvalue weighted by molar-refractivity contribution is 5.95. The molecule has 7 heteroatoms. The Kier molecular flexibility index (Phi) is 5.51. The number of carbonyl (C=O) groups is 2. The Balaban J connectivity index is 1.91. The van der Waals surface area contributed by atoms with Gasteiger partial charge in [0.25, 0.3) is 5.91 Å². The van der Waals surface area contributed by atoms with Crippen molar-refractivity contribution in [2.24, 2.45) is 5.10 Å². The van der Waals surface area contributed by atoms with Gasteiger partial charge < -0.3 is 14.9 Å². The Hall–Kier alpha value is -3.35. The largest absolute Gasteiger partial charge is 0.508 e. The van der Waals surface area contributed by atoms with Crippen molar-refractivity contribution >= 4 is 18.1 Å². The molecule has 0 saturated heterocycles. The highest BCUT2D eigenvalue weighted by Gasteiger charge is 2.11. The molecule has 2 aromatic rings. The molecule has 0 spiro atoms. The first-order valence-corrected chi connectivity index (χ1v) is 7.07. The van der Waals surface area contributed by atoms with Gasteiger partial charge in [-0.3, -0.25) is 4.79 Å². The number of amides is 1. The van der Waals surface area contributed by atoms with Crippen LogP contribution >= 0.6 is 0 Å². The average Bonchev–Trinajstić information content (AvgIpc) is 2.56. The molecular formula is C17H16N2O5. The van der Waals surface area contributed by atoms with Crippen LogP contribution in [0.2, 0.25) is 0 Å². The van der Waals surface area contributed by atoms with Crippen molar-refractivity contribution in [3.8, 4) is 11.5 Å². The number of hydrazone groups is 1. The zero-order chi connectivity index (χ0) is 17.5. The van der Waals surface area contributed by atoms with E-state index in [2.05, 4.69) is 10.5 Å². The first-order valence-electron chi connectivity index (χ1n) is 7.07. The zero-order valence-electron chi connectivity index (χ0n) is 12.8. The molecule has 3 N–H and O–H groups in total. The van der Waals surface area contributed by atoms with E-state index in [-0.39, 0.29) is 5.75 Å². The van der Waals surface area contributed by atoms with Gasteiger partial charge in [-0.1, -0.05) is 0 Å². The molecule has 124 valence electrons. The Morgan fingerprint density at radius 1 is 1.12 bits per heavy atom.